The van der Waals surface area contributed by atoms with Crippen LogP contribution in [0.1, 0.15) is 31.9 Å². The second-order valence-electron chi connectivity index (χ2n) is 5.62. The van der Waals surface area contributed by atoms with E-state index in [0.29, 0.717) is 12.1 Å². The van der Waals surface area contributed by atoms with Crippen LogP contribution in [0.4, 0.5) is 20.6 Å². The molecule has 1 aromatic heterocycles. The summed E-state index contributed by atoms with van der Waals surface area (Å²) < 4.78 is 14.0. The first kappa shape index (κ1) is 18.4. The Hall–Kier alpha value is -2.96. The number of anilines is 2. The van der Waals surface area contributed by atoms with Gasteiger partial charge in [-0.2, -0.15) is 0 Å². The van der Waals surface area contributed by atoms with Crippen molar-refractivity contribution >= 4 is 23.3 Å². The number of carbonyl (C=O) groups is 2. The van der Waals surface area contributed by atoms with Crippen LogP contribution in [0.3, 0.4) is 0 Å². The Morgan fingerprint density at radius 2 is 1.88 bits per heavy atom. The number of pyridine rings is 1. The molecule has 7 heteroatoms. The van der Waals surface area contributed by atoms with Crippen molar-refractivity contribution < 1.29 is 14.0 Å². The molecule has 0 unspecified atom stereocenters. The van der Waals surface area contributed by atoms with E-state index in [1.165, 1.54) is 30.0 Å². The van der Waals surface area contributed by atoms with E-state index in [1.807, 2.05) is 19.1 Å². The van der Waals surface area contributed by atoms with Gasteiger partial charge >= 0.3 is 6.03 Å². The summed E-state index contributed by atoms with van der Waals surface area (Å²) in [6.07, 6.45) is 4.03. The van der Waals surface area contributed by atoms with Crippen molar-refractivity contribution in [3.63, 3.8) is 0 Å². The molecule has 0 spiro atoms. The Balaban J connectivity index is 2.16. The van der Waals surface area contributed by atoms with E-state index >= 15 is 0 Å². The Kier molecular flexibility index (Phi) is 6.05. The highest BCUT2D eigenvalue weighted by Gasteiger charge is 2.21. The molecule has 132 valence electrons. The molecule has 0 saturated heterocycles. The summed E-state index contributed by atoms with van der Waals surface area (Å²) in [6.45, 7) is 3.32. The molecule has 6 nitrogen and oxygen atoms in total. The lowest BCUT2D eigenvalue weighted by Gasteiger charge is -2.28. The van der Waals surface area contributed by atoms with Gasteiger partial charge in [0.05, 0.1) is 11.7 Å². The highest BCUT2D eigenvalue weighted by Crippen LogP contribution is 2.25. The summed E-state index contributed by atoms with van der Waals surface area (Å²) in [6, 6.07) is 7.09. The Morgan fingerprint density at radius 1 is 1.20 bits per heavy atom. The lowest BCUT2D eigenvalue weighted by molar-refractivity contribution is -0.114. The van der Waals surface area contributed by atoms with E-state index < -0.39 is 11.8 Å². The van der Waals surface area contributed by atoms with Crippen LogP contribution in [-0.2, 0) is 4.79 Å². The molecule has 0 aliphatic carbocycles. The fourth-order valence-corrected chi connectivity index (χ4v) is 2.57. The van der Waals surface area contributed by atoms with Gasteiger partial charge in [-0.3, -0.25) is 9.78 Å². The van der Waals surface area contributed by atoms with Gasteiger partial charge in [0.1, 0.15) is 5.82 Å². The Morgan fingerprint density at radius 3 is 2.48 bits per heavy atom. The zero-order valence-electron chi connectivity index (χ0n) is 14.4. The number of nitrogens with zero attached hydrogens (tertiary/aromatic N) is 2. The normalized spacial score (nSPS) is 11.5. The third-order valence-electron chi connectivity index (χ3n) is 3.79. The summed E-state index contributed by atoms with van der Waals surface area (Å²) in [5.74, 6) is -0.849. The van der Waals surface area contributed by atoms with Crippen LogP contribution in [-0.4, -0.2) is 28.9 Å². The molecule has 0 aliphatic heterocycles. The number of aromatic nitrogens is 1. The summed E-state index contributed by atoms with van der Waals surface area (Å²) >= 11 is 0. The summed E-state index contributed by atoms with van der Waals surface area (Å²) in [7, 11) is 1.65. The maximum absolute atomic E-state index is 14.0. The maximum atomic E-state index is 14.0. The number of benzene rings is 1. The molecule has 25 heavy (non-hydrogen) atoms. The zero-order chi connectivity index (χ0) is 18.4. The van der Waals surface area contributed by atoms with Crippen molar-refractivity contribution in [1.29, 1.82) is 0 Å². The topological polar surface area (TPSA) is 74.3 Å². The average molecular weight is 344 g/mol. The number of halogens is 1. The molecule has 1 aromatic carbocycles. The number of hydrogen-bond donors (Lipinski definition) is 2. The zero-order valence-corrected chi connectivity index (χ0v) is 14.4. The van der Waals surface area contributed by atoms with Crippen LogP contribution >= 0.6 is 0 Å². The van der Waals surface area contributed by atoms with Crippen molar-refractivity contribution in [2.75, 3.05) is 17.7 Å². The van der Waals surface area contributed by atoms with Crippen LogP contribution in [0, 0.1) is 5.82 Å². The largest absolute Gasteiger partial charge is 0.326 e. The maximum Gasteiger partial charge on any atom is 0.322 e. The van der Waals surface area contributed by atoms with Gasteiger partial charge in [-0.25, -0.2) is 9.18 Å². The second kappa shape index (κ2) is 8.23. The summed E-state index contributed by atoms with van der Waals surface area (Å²) in [5, 5.41) is 5.11. The van der Waals surface area contributed by atoms with E-state index in [1.54, 1.807) is 19.4 Å². The van der Waals surface area contributed by atoms with E-state index in [4.69, 9.17) is 0 Å². The Labute approximate surface area is 146 Å². The fourth-order valence-electron chi connectivity index (χ4n) is 2.57. The van der Waals surface area contributed by atoms with Gasteiger partial charge in [-0.1, -0.05) is 6.92 Å². The van der Waals surface area contributed by atoms with E-state index in [2.05, 4.69) is 15.6 Å². The van der Waals surface area contributed by atoms with Gasteiger partial charge < -0.3 is 15.5 Å². The molecular weight excluding hydrogens is 323 g/mol. The van der Waals surface area contributed by atoms with E-state index in [0.717, 1.165) is 5.56 Å². The molecule has 3 amide bonds. The first-order valence-corrected chi connectivity index (χ1v) is 7.93. The third-order valence-corrected chi connectivity index (χ3v) is 3.79. The van der Waals surface area contributed by atoms with Crippen molar-refractivity contribution in [3.05, 3.63) is 54.1 Å². The molecule has 0 fully saturated rings. The van der Waals surface area contributed by atoms with Crippen LogP contribution in [0.25, 0.3) is 0 Å². The molecule has 0 aliphatic rings. The molecule has 1 atom stereocenters. The van der Waals surface area contributed by atoms with Crippen LogP contribution in [0.15, 0.2) is 42.7 Å². The number of rotatable bonds is 5. The van der Waals surface area contributed by atoms with Crippen molar-refractivity contribution in [2.24, 2.45) is 0 Å². The van der Waals surface area contributed by atoms with Crippen molar-refractivity contribution in [1.82, 2.24) is 9.88 Å². The summed E-state index contributed by atoms with van der Waals surface area (Å²) in [4.78, 5) is 29.1. The van der Waals surface area contributed by atoms with E-state index in [9.17, 15) is 14.0 Å². The van der Waals surface area contributed by atoms with Crippen molar-refractivity contribution in [3.8, 4) is 0 Å². The molecule has 0 radical (unpaired) electrons. The molecule has 2 rings (SSSR count). The Bertz CT molecular complexity index is 752. The highest BCUT2D eigenvalue weighted by molar-refractivity contribution is 5.92. The molecule has 0 saturated carbocycles. The average Bonchev–Trinajstić information content (AvgIpc) is 2.59. The van der Waals surface area contributed by atoms with Gasteiger partial charge in [0, 0.05) is 32.1 Å². The second-order valence-corrected chi connectivity index (χ2v) is 5.62. The van der Waals surface area contributed by atoms with Gasteiger partial charge in [-0.15, -0.1) is 0 Å². The smallest absolute Gasteiger partial charge is 0.322 e. The van der Waals surface area contributed by atoms with Gasteiger partial charge in [0.2, 0.25) is 5.91 Å². The predicted octanol–water partition coefficient (Wildman–Crippen LogP) is 3.79. The molecule has 1 heterocycles. The van der Waals surface area contributed by atoms with Crippen LogP contribution in [0.2, 0.25) is 0 Å². The minimum Gasteiger partial charge on any atom is -0.326 e. The monoisotopic (exact) mass is 344 g/mol. The number of amides is 3. The number of nitrogens with one attached hydrogen (secondary N) is 2. The minimum absolute atomic E-state index is 0.00711. The van der Waals surface area contributed by atoms with Crippen LogP contribution < -0.4 is 10.6 Å². The van der Waals surface area contributed by atoms with Gasteiger partial charge in [0.15, 0.2) is 0 Å². The highest BCUT2D eigenvalue weighted by atomic mass is 19.1. The molecule has 0 bridgehead atoms. The standard InChI is InChI=1S/C18H21FN4O2/c1-4-17(13-7-9-20-10-8-13)23(3)18(25)22-16-11-14(21-12(2)24)5-6-15(16)19/h5-11,17H,4H2,1-3H3,(H,21,24)(H,22,25)/t17-/m0/s1. The van der Waals surface area contributed by atoms with Crippen molar-refractivity contribution in [2.45, 2.75) is 26.3 Å². The van der Waals surface area contributed by atoms with E-state index in [-0.39, 0.29) is 17.6 Å². The molecular formula is C18H21FN4O2. The lowest BCUT2D eigenvalue weighted by Crippen LogP contribution is -2.35. The lowest BCUT2D eigenvalue weighted by atomic mass is 10.1. The van der Waals surface area contributed by atoms with Gasteiger partial charge in [-0.05, 0) is 42.3 Å². The first-order valence-electron chi connectivity index (χ1n) is 7.93. The van der Waals surface area contributed by atoms with Crippen LogP contribution in [0.5, 0.6) is 0 Å². The minimum atomic E-state index is -0.576. The third kappa shape index (κ3) is 4.76. The molecule has 2 N–H and O–H groups in total. The quantitative estimate of drug-likeness (QED) is 0.866. The predicted molar refractivity (Wildman–Crippen MR) is 94.8 cm³/mol. The fraction of sp³-hybridized carbons (Fsp3) is 0.278. The van der Waals surface area contributed by atoms with Gasteiger partial charge in [0.25, 0.3) is 0 Å². The number of carbonyl (C=O) groups excluding carboxylic acids is 2. The summed E-state index contributed by atoms with van der Waals surface area (Å²) in [5.41, 5.74) is 1.36. The molecule has 2 aromatic rings. The SMILES string of the molecule is CC[C@@H](c1ccncc1)N(C)C(=O)Nc1cc(NC(C)=O)ccc1F. The first-order chi connectivity index (χ1) is 11.9. The number of hydrogen-bond acceptors (Lipinski definition) is 3. The number of urea groups is 1.